The second kappa shape index (κ2) is 7.41. The molecular weight excluding hydrogens is 206 g/mol. The van der Waals surface area contributed by atoms with Gasteiger partial charge in [0.2, 0.25) is 0 Å². The van der Waals surface area contributed by atoms with Crippen molar-refractivity contribution in [1.29, 1.82) is 0 Å². The summed E-state index contributed by atoms with van der Waals surface area (Å²) in [4.78, 5) is 0. The Labute approximate surface area is 109 Å². The molecule has 1 atom stereocenters. The van der Waals surface area contributed by atoms with E-state index in [9.17, 15) is 0 Å². The largest absolute Gasteiger partial charge is 0.314 e. The van der Waals surface area contributed by atoms with Crippen molar-refractivity contribution in [3.8, 4) is 0 Å². The Kier molecular flexibility index (Phi) is 6.54. The first-order valence-electron chi connectivity index (χ1n) is 7.74. The molecule has 0 heterocycles. The van der Waals surface area contributed by atoms with Gasteiger partial charge in [0.05, 0.1) is 0 Å². The minimum absolute atomic E-state index is 0.458. The zero-order valence-corrected chi connectivity index (χ0v) is 12.5. The van der Waals surface area contributed by atoms with Gasteiger partial charge in [-0.3, -0.25) is 0 Å². The lowest BCUT2D eigenvalue weighted by atomic mass is 9.82. The molecule has 1 heteroatoms. The minimum atomic E-state index is 0.458. The molecule has 1 aliphatic carbocycles. The van der Waals surface area contributed by atoms with Gasteiger partial charge in [0.1, 0.15) is 0 Å². The highest BCUT2D eigenvalue weighted by Gasteiger charge is 2.20. The van der Waals surface area contributed by atoms with Crippen LogP contribution in [0, 0.1) is 11.3 Å². The van der Waals surface area contributed by atoms with Gasteiger partial charge in [-0.25, -0.2) is 0 Å². The van der Waals surface area contributed by atoms with Crippen molar-refractivity contribution < 1.29 is 0 Å². The average Bonchev–Trinajstić information content (AvgIpc) is 2.26. The summed E-state index contributed by atoms with van der Waals surface area (Å²) in [5.41, 5.74) is 0.458. The third kappa shape index (κ3) is 7.08. The molecule has 1 aliphatic rings. The predicted molar refractivity (Wildman–Crippen MR) is 77.3 cm³/mol. The van der Waals surface area contributed by atoms with E-state index in [1.165, 1.54) is 51.4 Å². The van der Waals surface area contributed by atoms with E-state index in [0.29, 0.717) is 5.41 Å². The molecular formula is C16H33N. The Morgan fingerprint density at radius 3 is 2.29 bits per heavy atom. The smallest absolute Gasteiger partial charge is 0.00720 e. The summed E-state index contributed by atoms with van der Waals surface area (Å²) in [6.07, 6.45) is 11.6. The van der Waals surface area contributed by atoms with Crippen molar-refractivity contribution in [2.24, 2.45) is 11.3 Å². The molecule has 0 aromatic heterocycles. The highest BCUT2D eigenvalue weighted by Crippen LogP contribution is 2.29. The lowest BCUT2D eigenvalue weighted by molar-refractivity contribution is 0.267. The van der Waals surface area contributed by atoms with Crippen LogP contribution in [0.1, 0.15) is 79.1 Å². The summed E-state index contributed by atoms with van der Waals surface area (Å²) in [5.74, 6) is 1.03. The molecule has 102 valence electrons. The highest BCUT2D eigenvalue weighted by molar-refractivity contribution is 4.76. The van der Waals surface area contributed by atoms with Gasteiger partial charge in [0, 0.05) is 6.04 Å². The summed E-state index contributed by atoms with van der Waals surface area (Å²) >= 11 is 0. The van der Waals surface area contributed by atoms with Gasteiger partial charge in [-0.15, -0.1) is 0 Å². The summed E-state index contributed by atoms with van der Waals surface area (Å²) in [5, 5.41) is 3.68. The molecule has 0 aromatic carbocycles. The maximum Gasteiger partial charge on any atom is 0.00720 e. The Hall–Kier alpha value is -0.0400. The molecule has 1 saturated carbocycles. The van der Waals surface area contributed by atoms with Crippen LogP contribution < -0.4 is 5.32 Å². The first-order chi connectivity index (χ1) is 8.01. The predicted octanol–water partition coefficient (Wildman–Crippen LogP) is 4.76. The van der Waals surface area contributed by atoms with Crippen LogP contribution in [0.5, 0.6) is 0 Å². The van der Waals surface area contributed by atoms with Crippen molar-refractivity contribution in [1.82, 2.24) is 5.32 Å². The van der Waals surface area contributed by atoms with Crippen molar-refractivity contribution in [3.05, 3.63) is 0 Å². The van der Waals surface area contributed by atoms with Crippen LogP contribution in [0.15, 0.2) is 0 Å². The topological polar surface area (TPSA) is 12.0 Å². The van der Waals surface area contributed by atoms with E-state index in [-0.39, 0.29) is 0 Å². The van der Waals surface area contributed by atoms with E-state index in [4.69, 9.17) is 0 Å². The van der Waals surface area contributed by atoms with Crippen molar-refractivity contribution >= 4 is 0 Å². The Balaban J connectivity index is 2.27. The van der Waals surface area contributed by atoms with Crippen molar-refractivity contribution in [2.75, 3.05) is 6.54 Å². The molecule has 0 bridgehead atoms. The molecule has 1 fully saturated rings. The Bertz CT molecular complexity index is 186. The lowest BCUT2D eigenvalue weighted by Gasteiger charge is -2.29. The lowest BCUT2D eigenvalue weighted by Crippen LogP contribution is -2.33. The number of hydrogen-bond donors (Lipinski definition) is 1. The number of rotatable bonds is 6. The molecule has 1 rings (SSSR count). The summed E-state index contributed by atoms with van der Waals surface area (Å²) in [7, 11) is 0. The fourth-order valence-electron chi connectivity index (χ4n) is 3.22. The first-order valence-corrected chi connectivity index (χ1v) is 7.74. The van der Waals surface area contributed by atoms with Crippen LogP contribution in [0.3, 0.4) is 0 Å². The molecule has 1 unspecified atom stereocenters. The van der Waals surface area contributed by atoms with Gasteiger partial charge in [-0.2, -0.15) is 0 Å². The molecule has 0 saturated heterocycles. The highest BCUT2D eigenvalue weighted by atomic mass is 14.9. The maximum absolute atomic E-state index is 3.68. The van der Waals surface area contributed by atoms with E-state index < -0.39 is 0 Å². The second-order valence-corrected chi connectivity index (χ2v) is 7.10. The Morgan fingerprint density at radius 1 is 1.12 bits per heavy atom. The normalized spacial score (nSPS) is 20.5. The zero-order chi connectivity index (χ0) is 12.7. The average molecular weight is 239 g/mol. The second-order valence-electron chi connectivity index (χ2n) is 7.10. The van der Waals surface area contributed by atoms with Gasteiger partial charge in [-0.1, -0.05) is 59.8 Å². The van der Waals surface area contributed by atoms with E-state index in [1.54, 1.807) is 0 Å². The summed E-state index contributed by atoms with van der Waals surface area (Å²) in [6, 6.07) is 0.738. The zero-order valence-electron chi connectivity index (χ0n) is 12.5. The fraction of sp³-hybridized carbons (Fsp3) is 1.00. The molecule has 1 nitrogen and oxygen atoms in total. The van der Waals surface area contributed by atoms with Crippen LogP contribution in [-0.2, 0) is 0 Å². The van der Waals surface area contributed by atoms with Gasteiger partial charge >= 0.3 is 0 Å². The van der Waals surface area contributed by atoms with Gasteiger partial charge in [0.15, 0.2) is 0 Å². The Morgan fingerprint density at radius 2 is 1.76 bits per heavy atom. The third-order valence-corrected chi connectivity index (χ3v) is 4.00. The van der Waals surface area contributed by atoms with E-state index >= 15 is 0 Å². The monoisotopic (exact) mass is 239 g/mol. The minimum Gasteiger partial charge on any atom is -0.314 e. The third-order valence-electron chi connectivity index (χ3n) is 4.00. The van der Waals surface area contributed by atoms with Crippen molar-refractivity contribution in [2.45, 2.75) is 85.1 Å². The first kappa shape index (κ1) is 15.0. The summed E-state index contributed by atoms with van der Waals surface area (Å²) < 4.78 is 0. The molecule has 17 heavy (non-hydrogen) atoms. The number of nitrogens with one attached hydrogen (secondary N) is 1. The molecule has 0 radical (unpaired) electrons. The van der Waals surface area contributed by atoms with Crippen LogP contribution in [0.2, 0.25) is 0 Å². The maximum atomic E-state index is 3.68. The van der Waals surface area contributed by atoms with Gasteiger partial charge < -0.3 is 5.32 Å². The van der Waals surface area contributed by atoms with Crippen molar-refractivity contribution in [3.63, 3.8) is 0 Å². The molecule has 0 spiro atoms. The SMILES string of the molecule is CCNC(CCC1CCCCC1)CC(C)(C)C. The summed E-state index contributed by atoms with van der Waals surface area (Å²) in [6.45, 7) is 10.4. The van der Waals surface area contributed by atoms with E-state index in [1.807, 2.05) is 0 Å². The molecule has 0 amide bonds. The van der Waals surface area contributed by atoms with E-state index in [2.05, 4.69) is 33.0 Å². The molecule has 0 aromatic rings. The molecule has 0 aliphatic heterocycles. The number of hydrogen-bond acceptors (Lipinski definition) is 1. The van der Waals surface area contributed by atoms with E-state index in [0.717, 1.165) is 18.5 Å². The molecule has 1 N–H and O–H groups in total. The standard InChI is InChI=1S/C16H33N/c1-5-17-15(13-16(2,3)4)12-11-14-9-7-6-8-10-14/h14-15,17H,5-13H2,1-4H3. The van der Waals surface area contributed by atoms with Crippen LogP contribution >= 0.6 is 0 Å². The quantitative estimate of drug-likeness (QED) is 0.704. The van der Waals surface area contributed by atoms with Crippen LogP contribution in [-0.4, -0.2) is 12.6 Å². The van der Waals surface area contributed by atoms with Crippen LogP contribution in [0.25, 0.3) is 0 Å². The van der Waals surface area contributed by atoms with Gasteiger partial charge in [-0.05, 0) is 37.1 Å². The van der Waals surface area contributed by atoms with Gasteiger partial charge in [0.25, 0.3) is 0 Å². The fourth-order valence-corrected chi connectivity index (χ4v) is 3.22. The van der Waals surface area contributed by atoms with Crippen LogP contribution in [0.4, 0.5) is 0 Å².